The average Bonchev–Trinajstić information content (AvgIpc) is 3.08. The van der Waals surface area contributed by atoms with Crippen molar-refractivity contribution < 1.29 is 4.79 Å². The molecule has 2 aliphatic rings. The maximum Gasteiger partial charge on any atom is 0.222 e. The Kier molecular flexibility index (Phi) is 5.47. The van der Waals surface area contributed by atoms with Gasteiger partial charge in [0.25, 0.3) is 0 Å². The first-order valence-electron chi connectivity index (χ1n) is 8.92. The molecule has 1 aliphatic carbocycles. The smallest absolute Gasteiger partial charge is 0.222 e. The second-order valence-corrected chi connectivity index (χ2v) is 7.42. The van der Waals surface area contributed by atoms with E-state index in [0.29, 0.717) is 5.91 Å². The predicted octanol–water partition coefficient (Wildman–Crippen LogP) is 4.27. The molecular weight excluding hydrogens is 308 g/mol. The lowest BCUT2D eigenvalue weighted by Gasteiger charge is -2.37. The van der Waals surface area contributed by atoms with Crippen molar-refractivity contribution in [3.05, 3.63) is 28.8 Å². The number of nitrogens with zero attached hydrogens (tertiary/aromatic N) is 2. The summed E-state index contributed by atoms with van der Waals surface area (Å²) in [7, 11) is 0. The molecule has 1 saturated carbocycles. The van der Waals surface area contributed by atoms with Crippen LogP contribution in [0, 0.1) is 12.8 Å². The second kappa shape index (κ2) is 7.57. The van der Waals surface area contributed by atoms with Crippen LogP contribution in [0.2, 0.25) is 5.02 Å². The molecule has 0 N–H and O–H groups in total. The van der Waals surface area contributed by atoms with Gasteiger partial charge in [-0.05, 0) is 37.0 Å². The van der Waals surface area contributed by atoms with Crippen LogP contribution >= 0.6 is 11.6 Å². The van der Waals surface area contributed by atoms with Gasteiger partial charge in [-0.25, -0.2) is 0 Å². The zero-order valence-electron chi connectivity index (χ0n) is 14.1. The van der Waals surface area contributed by atoms with Crippen molar-refractivity contribution in [2.75, 3.05) is 31.1 Å². The molecule has 1 aromatic rings. The summed E-state index contributed by atoms with van der Waals surface area (Å²) in [5.41, 5.74) is 2.45. The van der Waals surface area contributed by atoms with Crippen LogP contribution in [0.3, 0.4) is 0 Å². The van der Waals surface area contributed by atoms with Crippen LogP contribution in [-0.2, 0) is 4.79 Å². The molecule has 126 valence electrons. The standard InChI is InChI=1S/C19H27ClN2O/c1-15-6-8-17(20)14-18(15)21-10-12-22(13-11-21)19(23)9-7-16-4-2-3-5-16/h6,8,14,16H,2-5,7,9-13H2,1H3. The Balaban J connectivity index is 1.49. The lowest BCUT2D eigenvalue weighted by Crippen LogP contribution is -2.49. The summed E-state index contributed by atoms with van der Waals surface area (Å²) >= 11 is 6.13. The van der Waals surface area contributed by atoms with Gasteiger partial charge in [0.15, 0.2) is 0 Å². The van der Waals surface area contributed by atoms with Crippen LogP contribution in [0.1, 0.15) is 44.1 Å². The first-order chi connectivity index (χ1) is 11.1. The molecule has 1 heterocycles. The molecular formula is C19H27ClN2O. The quantitative estimate of drug-likeness (QED) is 0.821. The lowest BCUT2D eigenvalue weighted by atomic mass is 10.0. The predicted molar refractivity (Wildman–Crippen MR) is 96.2 cm³/mol. The number of carbonyl (C=O) groups excluding carboxylic acids is 1. The number of piperazine rings is 1. The summed E-state index contributed by atoms with van der Waals surface area (Å²) in [4.78, 5) is 16.8. The number of hydrogen-bond donors (Lipinski definition) is 0. The molecule has 4 heteroatoms. The fourth-order valence-electron chi connectivity index (χ4n) is 3.90. The number of rotatable bonds is 4. The SMILES string of the molecule is Cc1ccc(Cl)cc1N1CCN(C(=O)CCC2CCCC2)CC1. The van der Waals surface area contributed by atoms with Gasteiger partial charge in [-0.15, -0.1) is 0 Å². The highest BCUT2D eigenvalue weighted by molar-refractivity contribution is 6.30. The summed E-state index contributed by atoms with van der Waals surface area (Å²) in [5, 5.41) is 0.778. The van der Waals surface area contributed by atoms with Crippen LogP contribution in [0.4, 0.5) is 5.69 Å². The third kappa shape index (κ3) is 4.20. The Labute approximate surface area is 144 Å². The van der Waals surface area contributed by atoms with Gasteiger partial charge in [-0.1, -0.05) is 43.4 Å². The first-order valence-corrected chi connectivity index (χ1v) is 9.30. The number of hydrogen-bond acceptors (Lipinski definition) is 2. The van der Waals surface area contributed by atoms with Gasteiger partial charge in [-0.2, -0.15) is 0 Å². The number of benzene rings is 1. The van der Waals surface area contributed by atoms with Crippen molar-refractivity contribution in [3.63, 3.8) is 0 Å². The fraction of sp³-hybridized carbons (Fsp3) is 0.632. The molecule has 2 fully saturated rings. The van der Waals surface area contributed by atoms with Crippen LogP contribution in [-0.4, -0.2) is 37.0 Å². The minimum Gasteiger partial charge on any atom is -0.368 e. The van der Waals surface area contributed by atoms with Crippen LogP contribution in [0.5, 0.6) is 0 Å². The van der Waals surface area contributed by atoms with Gasteiger partial charge in [0.2, 0.25) is 5.91 Å². The van der Waals surface area contributed by atoms with E-state index in [-0.39, 0.29) is 0 Å². The van der Waals surface area contributed by atoms with E-state index in [9.17, 15) is 4.79 Å². The van der Waals surface area contributed by atoms with Gasteiger partial charge in [0.05, 0.1) is 0 Å². The highest BCUT2D eigenvalue weighted by Crippen LogP contribution is 2.29. The molecule has 1 aliphatic heterocycles. The molecule has 0 aromatic heterocycles. The van der Waals surface area contributed by atoms with E-state index in [4.69, 9.17) is 11.6 Å². The van der Waals surface area contributed by atoms with E-state index < -0.39 is 0 Å². The number of aryl methyl sites for hydroxylation is 1. The van der Waals surface area contributed by atoms with Crippen molar-refractivity contribution in [2.24, 2.45) is 5.92 Å². The second-order valence-electron chi connectivity index (χ2n) is 6.99. The third-order valence-corrected chi connectivity index (χ3v) is 5.62. The minimum atomic E-state index is 0.347. The maximum absolute atomic E-state index is 12.4. The number of halogens is 1. The highest BCUT2D eigenvalue weighted by atomic mass is 35.5. The van der Waals surface area contributed by atoms with E-state index in [1.807, 2.05) is 17.0 Å². The molecule has 3 rings (SSSR count). The summed E-state index contributed by atoms with van der Waals surface area (Å²) in [6, 6.07) is 6.04. The van der Waals surface area contributed by atoms with Crippen LogP contribution in [0.25, 0.3) is 0 Å². The van der Waals surface area contributed by atoms with Crippen molar-refractivity contribution in [1.82, 2.24) is 4.90 Å². The van der Waals surface area contributed by atoms with Crippen molar-refractivity contribution in [1.29, 1.82) is 0 Å². The minimum absolute atomic E-state index is 0.347. The Hall–Kier alpha value is -1.22. The van der Waals surface area contributed by atoms with E-state index in [2.05, 4.69) is 17.9 Å². The van der Waals surface area contributed by atoms with Crippen molar-refractivity contribution in [3.8, 4) is 0 Å². The van der Waals surface area contributed by atoms with Gasteiger partial charge in [0, 0.05) is 43.3 Å². The van der Waals surface area contributed by atoms with Gasteiger partial charge < -0.3 is 9.80 Å². The van der Waals surface area contributed by atoms with E-state index in [1.165, 1.54) is 36.9 Å². The molecule has 0 atom stereocenters. The number of anilines is 1. The summed E-state index contributed by atoms with van der Waals surface area (Å²) < 4.78 is 0. The largest absolute Gasteiger partial charge is 0.368 e. The van der Waals surface area contributed by atoms with Gasteiger partial charge >= 0.3 is 0 Å². The molecule has 0 spiro atoms. The molecule has 0 unspecified atom stereocenters. The summed E-state index contributed by atoms with van der Waals surface area (Å²) in [5.74, 6) is 1.15. The van der Waals surface area contributed by atoms with Crippen LogP contribution < -0.4 is 4.90 Å². The molecule has 23 heavy (non-hydrogen) atoms. The molecule has 1 aromatic carbocycles. The zero-order chi connectivity index (χ0) is 16.2. The number of carbonyl (C=O) groups is 1. The number of amides is 1. The van der Waals surface area contributed by atoms with Gasteiger partial charge in [0.1, 0.15) is 0 Å². The first kappa shape index (κ1) is 16.6. The van der Waals surface area contributed by atoms with Crippen molar-refractivity contribution in [2.45, 2.75) is 45.4 Å². The topological polar surface area (TPSA) is 23.6 Å². The Morgan fingerprint density at radius 3 is 2.57 bits per heavy atom. The van der Waals surface area contributed by atoms with E-state index in [1.54, 1.807) is 0 Å². The van der Waals surface area contributed by atoms with Crippen LogP contribution in [0.15, 0.2) is 18.2 Å². The lowest BCUT2D eigenvalue weighted by molar-refractivity contribution is -0.131. The summed E-state index contributed by atoms with van der Waals surface area (Å²) in [6.07, 6.45) is 7.20. The molecule has 1 saturated heterocycles. The fourth-order valence-corrected chi connectivity index (χ4v) is 4.07. The molecule has 0 radical (unpaired) electrons. The third-order valence-electron chi connectivity index (χ3n) is 5.39. The monoisotopic (exact) mass is 334 g/mol. The summed E-state index contributed by atoms with van der Waals surface area (Å²) in [6.45, 7) is 5.57. The Morgan fingerprint density at radius 2 is 1.87 bits per heavy atom. The van der Waals surface area contributed by atoms with Crippen molar-refractivity contribution >= 4 is 23.2 Å². The molecule has 0 bridgehead atoms. The zero-order valence-corrected chi connectivity index (χ0v) is 14.8. The Bertz CT molecular complexity index is 546. The van der Waals surface area contributed by atoms with Gasteiger partial charge in [-0.3, -0.25) is 4.79 Å². The average molecular weight is 335 g/mol. The normalized spacial score (nSPS) is 19.4. The highest BCUT2D eigenvalue weighted by Gasteiger charge is 2.23. The molecule has 1 amide bonds. The maximum atomic E-state index is 12.4. The molecule has 3 nitrogen and oxygen atoms in total. The van der Waals surface area contributed by atoms with E-state index >= 15 is 0 Å². The Morgan fingerprint density at radius 1 is 1.17 bits per heavy atom. The van der Waals surface area contributed by atoms with E-state index in [0.717, 1.165) is 50.0 Å².